The van der Waals surface area contributed by atoms with Gasteiger partial charge < -0.3 is 10.0 Å². The van der Waals surface area contributed by atoms with Gasteiger partial charge in [-0.15, -0.1) is 0 Å². The third-order valence-electron chi connectivity index (χ3n) is 3.91. The number of nitrogens with zero attached hydrogens (tertiary/aromatic N) is 1. The summed E-state index contributed by atoms with van der Waals surface area (Å²) in [6.07, 6.45) is 2.49. The van der Waals surface area contributed by atoms with E-state index >= 15 is 0 Å². The summed E-state index contributed by atoms with van der Waals surface area (Å²) >= 11 is 0. The molecule has 0 spiro atoms. The molecule has 0 saturated carbocycles. The molecule has 1 amide bonds. The molecule has 0 aromatic carbocycles. The number of rotatable bonds is 3. The summed E-state index contributed by atoms with van der Waals surface area (Å²) < 4.78 is 23.8. The molecule has 0 aliphatic carbocycles. The second kappa shape index (κ2) is 5.48. The van der Waals surface area contributed by atoms with Gasteiger partial charge in [-0.1, -0.05) is 6.42 Å². The van der Waals surface area contributed by atoms with Crippen molar-refractivity contribution in [2.24, 2.45) is 5.92 Å². The largest absolute Gasteiger partial charge is 0.481 e. The lowest BCUT2D eigenvalue weighted by Gasteiger charge is -2.26. The predicted molar refractivity (Wildman–Crippen MR) is 68.4 cm³/mol. The lowest BCUT2D eigenvalue weighted by molar-refractivity contribution is -0.138. The normalized spacial score (nSPS) is 30.2. The van der Waals surface area contributed by atoms with Gasteiger partial charge in [0, 0.05) is 19.5 Å². The average Bonchev–Trinajstić information content (AvgIpc) is 2.75. The minimum absolute atomic E-state index is 0.0429. The standard InChI is InChI=1S/C12H19NO5S/c14-11(15)7-9-4-5-13(8-9)12(16)10-3-1-2-6-19(10,17)18/h9-10H,1-8H2,(H,14,15). The Kier molecular flexibility index (Phi) is 4.13. The number of likely N-dealkylation sites (tertiary alicyclic amines) is 1. The molecule has 2 fully saturated rings. The van der Waals surface area contributed by atoms with Crippen LogP contribution in [-0.4, -0.2) is 54.4 Å². The highest BCUT2D eigenvalue weighted by atomic mass is 32.2. The number of amides is 1. The zero-order chi connectivity index (χ0) is 14.0. The van der Waals surface area contributed by atoms with Crippen molar-refractivity contribution in [2.45, 2.75) is 37.4 Å². The summed E-state index contributed by atoms with van der Waals surface area (Å²) in [5.74, 6) is -1.15. The maximum atomic E-state index is 12.2. The first-order chi connectivity index (χ1) is 8.90. The lowest BCUT2D eigenvalue weighted by Crippen LogP contribution is -2.44. The number of carbonyl (C=O) groups excluding carboxylic acids is 1. The number of hydrogen-bond donors (Lipinski definition) is 1. The van der Waals surface area contributed by atoms with Crippen LogP contribution in [0.2, 0.25) is 0 Å². The van der Waals surface area contributed by atoms with E-state index in [9.17, 15) is 18.0 Å². The highest BCUT2D eigenvalue weighted by molar-refractivity contribution is 7.92. The van der Waals surface area contributed by atoms with E-state index in [1.54, 1.807) is 0 Å². The Labute approximate surface area is 112 Å². The molecule has 7 heteroatoms. The second-order valence-electron chi connectivity index (χ2n) is 5.39. The maximum Gasteiger partial charge on any atom is 0.303 e. The van der Waals surface area contributed by atoms with Crippen molar-refractivity contribution in [3.8, 4) is 0 Å². The molecule has 2 aliphatic rings. The summed E-state index contributed by atoms with van der Waals surface area (Å²) in [5, 5.41) is 7.83. The van der Waals surface area contributed by atoms with Crippen LogP contribution in [-0.2, 0) is 19.4 Å². The zero-order valence-electron chi connectivity index (χ0n) is 10.7. The van der Waals surface area contributed by atoms with E-state index in [0.29, 0.717) is 32.4 Å². The monoisotopic (exact) mass is 289 g/mol. The summed E-state index contributed by atoms with van der Waals surface area (Å²) in [6.45, 7) is 0.847. The van der Waals surface area contributed by atoms with Crippen LogP contribution >= 0.6 is 0 Å². The van der Waals surface area contributed by atoms with Gasteiger partial charge in [0.05, 0.1) is 5.75 Å². The Morgan fingerprint density at radius 1 is 1.21 bits per heavy atom. The number of aliphatic carboxylic acids is 1. The third kappa shape index (κ3) is 3.26. The van der Waals surface area contributed by atoms with E-state index in [-0.39, 0.29) is 24.0 Å². The van der Waals surface area contributed by atoms with Crippen molar-refractivity contribution in [3.05, 3.63) is 0 Å². The minimum atomic E-state index is -3.31. The van der Waals surface area contributed by atoms with Crippen LogP contribution in [0.4, 0.5) is 0 Å². The fourth-order valence-corrected chi connectivity index (χ4v) is 4.75. The first kappa shape index (κ1) is 14.3. The van der Waals surface area contributed by atoms with Gasteiger partial charge in [-0.2, -0.15) is 0 Å². The maximum absolute atomic E-state index is 12.2. The topological polar surface area (TPSA) is 91.8 Å². The van der Waals surface area contributed by atoms with Gasteiger partial charge in [-0.25, -0.2) is 8.42 Å². The molecule has 2 atom stereocenters. The van der Waals surface area contributed by atoms with Crippen LogP contribution in [0.3, 0.4) is 0 Å². The van der Waals surface area contributed by atoms with Crippen molar-refractivity contribution in [3.63, 3.8) is 0 Å². The molecule has 2 heterocycles. The van der Waals surface area contributed by atoms with Gasteiger partial charge in [-0.05, 0) is 25.2 Å². The van der Waals surface area contributed by atoms with Gasteiger partial charge in [0.25, 0.3) is 0 Å². The zero-order valence-corrected chi connectivity index (χ0v) is 11.6. The molecule has 0 radical (unpaired) electrons. The Hall–Kier alpha value is -1.11. The Bertz CT molecular complexity index is 473. The minimum Gasteiger partial charge on any atom is -0.481 e. The number of hydrogen-bond acceptors (Lipinski definition) is 4. The van der Waals surface area contributed by atoms with E-state index in [4.69, 9.17) is 5.11 Å². The number of carboxylic acids is 1. The first-order valence-corrected chi connectivity index (χ1v) is 8.34. The predicted octanol–water partition coefficient (Wildman–Crippen LogP) is 0.277. The molecular weight excluding hydrogens is 270 g/mol. The highest BCUT2D eigenvalue weighted by Gasteiger charge is 2.39. The van der Waals surface area contributed by atoms with E-state index < -0.39 is 21.1 Å². The molecule has 1 N–H and O–H groups in total. The molecular formula is C12H19NO5S. The quantitative estimate of drug-likeness (QED) is 0.805. The van der Waals surface area contributed by atoms with Crippen LogP contribution in [0.15, 0.2) is 0 Å². The van der Waals surface area contributed by atoms with Gasteiger partial charge in [0.1, 0.15) is 5.25 Å². The van der Waals surface area contributed by atoms with Crippen LogP contribution in [0.25, 0.3) is 0 Å². The average molecular weight is 289 g/mol. The van der Waals surface area contributed by atoms with Gasteiger partial charge >= 0.3 is 5.97 Å². The molecule has 2 aliphatic heterocycles. The van der Waals surface area contributed by atoms with Crippen LogP contribution in [0.5, 0.6) is 0 Å². The molecule has 6 nitrogen and oxygen atoms in total. The first-order valence-electron chi connectivity index (χ1n) is 6.62. The van der Waals surface area contributed by atoms with Crippen molar-refractivity contribution in [1.82, 2.24) is 4.90 Å². The molecule has 2 saturated heterocycles. The van der Waals surface area contributed by atoms with Crippen LogP contribution < -0.4 is 0 Å². The van der Waals surface area contributed by atoms with Gasteiger partial charge in [0.2, 0.25) is 5.91 Å². The third-order valence-corrected chi connectivity index (χ3v) is 6.08. The molecule has 0 aromatic rings. The number of sulfone groups is 1. The van der Waals surface area contributed by atoms with Crippen molar-refractivity contribution in [1.29, 1.82) is 0 Å². The van der Waals surface area contributed by atoms with Gasteiger partial charge in [-0.3, -0.25) is 9.59 Å². The van der Waals surface area contributed by atoms with Gasteiger partial charge in [0.15, 0.2) is 9.84 Å². The highest BCUT2D eigenvalue weighted by Crippen LogP contribution is 2.25. The van der Waals surface area contributed by atoms with Crippen molar-refractivity contribution < 1.29 is 23.1 Å². The Morgan fingerprint density at radius 2 is 1.95 bits per heavy atom. The van der Waals surface area contributed by atoms with E-state index in [0.717, 1.165) is 6.42 Å². The smallest absolute Gasteiger partial charge is 0.303 e. The lowest BCUT2D eigenvalue weighted by atomic mass is 10.1. The fraction of sp³-hybridized carbons (Fsp3) is 0.833. The molecule has 2 rings (SSSR count). The van der Waals surface area contributed by atoms with Crippen molar-refractivity contribution in [2.75, 3.05) is 18.8 Å². The van der Waals surface area contributed by atoms with E-state index in [1.165, 1.54) is 4.90 Å². The van der Waals surface area contributed by atoms with Crippen LogP contribution in [0.1, 0.15) is 32.1 Å². The summed E-state index contributed by atoms with van der Waals surface area (Å²) in [5.41, 5.74) is 0. The Balaban J connectivity index is 1.99. The molecule has 2 unspecified atom stereocenters. The summed E-state index contributed by atoms with van der Waals surface area (Å²) in [4.78, 5) is 24.4. The number of carbonyl (C=O) groups is 2. The second-order valence-corrected chi connectivity index (χ2v) is 7.69. The Morgan fingerprint density at radius 3 is 2.58 bits per heavy atom. The molecule has 19 heavy (non-hydrogen) atoms. The fourth-order valence-electron chi connectivity index (χ4n) is 2.88. The van der Waals surface area contributed by atoms with E-state index in [1.807, 2.05) is 0 Å². The molecule has 108 valence electrons. The SMILES string of the molecule is O=C(O)CC1CCN(C(=O)C2CCCCS2(=O)=O)C1. The molecule has 0 aromatic heterocycles. The van der Waals surface area contributed by atoms with E-state index in [2.05, 4.69) is 0 Å². The summed E-state index contributed by atoms with van der Waals surface area (Å²) in [6, 6.07) is 0. The van der Waals surface area contributed by atoms with Crippen molar-refractivity contribution >= 4 is 21.7 Å². The molecule has 0 bridgehead atoms. The van der Waals surface area contributed by atoms with Crippen LogP contribution in [0, 0.1) is 5.92 Å². The number of carboxylic acid groups (broad SMARTS) is 1. The summed E-state index contributed by atoms with van der Waals surface area (Å²) in [7, 11) is -3.31.